The maximum atomic E-state index is 12.4. The first-order valence-electron chi connectivity index (χ1n) is 9.07. The van der Waals surface area contributed by atoms with E-state index in [1.165, 1.54) is 0 Å². The molecule has 5 nitrogen and oxygen atoms in total. The van der Waals surface area contributed by atoms with E-state index < -0.39 is 0 Å². The van der Waals surface area contributed by atoms with E-state index in [9.17, 15) is 4.79 Å². The van der Waals surface area contributed by atoms with Gasteiger partial charge in [-0.3, -0.25) is 9.69 Å². The number of nitrogens with one attached hydrogen (secondary N) is 2. The molecular weight excluding hydrogens is 314 g/mol. The van der Waals surface area contributed by atoms with Crippen molar-refractivity contribution in [1.29, 1.82) is 0 Å². The summed E-state index contributed by atoms with van der Waals surface area (Å²) >= 11 is 0. The van der Waals surface area contributed by atoms with Gasteiger partial charge in [0, 0.05) is 42.3 Å². The lowest BCUT2D eigenvalue weighted by Gasteiger charge is -2.45. The van der Waals surface area contributed by atoms with Crippen molar-refractivity contribution in [3.8, 4) is 0 Å². The number of carbonyl (C=O) groups is 1. The third-order valence-corrected chi connectivity index (χ3v) is 5.02. The molecule has 2 atom stereocenters. The number of fused-ring (bicyclic) bond motifs is 1. The van der Waals surface area contributed by atoms with Crippen LogP contribution in [-0.2, 0) is 16.0 Å². The minimum Gasteiger partial charge on any atom is -0.373 e. The Morgan fingerprint density at radius 3 is 2.68 bits per heavy atom. The van der Waals surface area contributed by atoms with Crippen LogP contribution in [0.4, 0.5) is 0 Å². The highest BCUT2D eigenvalue weighted by Crippen LogP contribution is 2.21. The van der Waals surface area contributed by atoms with Crippen molar-refractivity contribution in [3.05, 3.63) is 36.0 Å². The molecular formula is C20H29N3O2. The SMILES string of the molecule is C[C@@H]1CN(C(C)(C)CNC(=O)Cc2c[nH]c3ccccc23)C[C@@H](C)O1. The highest BCUT2D eigenvalue weighted by atomic mass is 16.5. The number of carbonyl (C=O) groups excluding carboxylic acids is 1. The van der Waals surface area contributed by atoms with Gasteiger partial charge in [-0.2, -0.15) is 0 Å². The first-order valence-corrected chi connectivity index (χ1v) is 9.07. The normalized spacial score (nSPS) is 22.2. The smallest absolute Gasteiger partial charge is 0.224 e. The molecule has 1 aromatic carbocycles. The molecule has 5 heteroatoms. The zero-order valence-electron chi connectivity index (χ0n) is 15.6. The molecule has 1 fully saturated rings. The lowest BCUT2D eigenvalue weighted by molar-refractivity contribution is -0.122. The highest BCUT2D eigenvalue weighted by Gasteiger charge is 2.33. The van der Waals surface area contributed by atoms with Gasteiger partial charge >= 0.3 is 0 Å². The Bertz CT molecular complexity index is 727. The molecule has 0 unspecified atom stereocenters. The van der Waals surface area contributed by atoms with E-state index in [4.69, 9.17) is 4.74 Å². The summed E-state index contributed by atoms with van der Waals surface area (Å²) < 4.78 is 5.82. The molecule has 0 spiro atoms. The number of amides is 1. The van der Waals surface area contributed by atoms with Crippen molar-refractivity contribution in [2.75, 3.05) is 19.6 Å². The highest BCUT2D eigenvalue weighted by molar-refractivity contribution is 5.88. The topological polar surface area (TPSA) is 57.4 Å². The van der Waals surface area contributed by atoms with Crippen LogP contribution in [0.1, 0.15) is 33.3 Å². The third-order valence-electron chi connectivity index (χ3n) is 5.02. The lowest BCUT2D eigenvalue weighted by Crippen LogP contribution is -2.58. The second kappa shape index (κ2) is 7.18. The fraction of sp³-hybridized carbons (Fsp3) is 0.550. The van der Waals surface area contributed by atoms with Gasteiger partial charge in [-0.25, -0.2) is 0 Å². The number of H-pyrrole nitrogens is 1. The quantitative estimate of drug-likeness (QED) is 0.878. The number of rotatable bonds is 5. The second-order valence-electron chi connectivity index (χ2n) is 7.79. The molecule has 0 aliphatic carbocycles. The predicted molar refractivity (Wildman–Crippen MR) is 101 cm³/mol. The molecule has 25 heavy (non-hydrogen) atoms. The molecule has 1 saturated heterocycles. The maximum absolute atomic E-state index is 12.4. The second-order valence-corrected chi connectivity index (χ2v) is 7.79. The number of aromatic amines is 1. The van der Waals surface area contributed by atoms with E-state index in [1.807, 2.05) is 24.4 Å². The van der Waals surface area contributed by atoms with Gasteiger partial charge in [-0.05, 0) is 39.3 Å². The molecule has 2 heterocycles. The first-order chi connectivity index (χ1) is 11.8. The minimum absolute atomic E-state index is 0.0622. The fourth-order valence-corrected chi connectivity index (χ4v) is 3.61. The summed E-state index contributed by atoms with van der Waals surface area (Å²) in [6, 6.07) is 8.08. The number of hydrogen-bond donors (Lipinski definition) is 2. The van der Waals surface area contributed by atoms with Gasteiger partial charge in [0.25, 0.3) is 0 Å². The Balaban J connectivity index is 1.58. The van der Waals surface area contributed by atoms with E-state index in [2.05, 4.69) is 49.0 Å². The van der Waals surface area contributed by atoms with Crippen molar-refractivity contribution < 1.29 is 9.53 Å². The standard InChI is InChI=1S/C20H29N3O2/c1-14-11-23(12-15(2)25-14)20(3,4)13-22-19(24)9-16-10-21-18-8-6-5-7-17(16)18/h5-8,10,14-15,21H,9,11-13H2,1-4H3,(H,22,24)/t14-,15-/m1/s1. The summed E-state index contributed by atoms with van der Waals surface area (Å²) in [5.74, 6) is 0.0622. The maximum Gasteiger partial charge on any atom is 0.224 e. The molecule has 1 aliphatic heterocycles. The van der Waals surface area contributed by atoms with E-state index in [0.29, 0.717) is 13.0 Å². The van der Waals surface area contributed by atoms with Crippen LogP contribution in [-0.4, -0.2) is 53.2 Å². The van der Waals surface area contributed by atoms with Gasteiger partial charge in [0.2, 0.25) is 5.91 Å². The van der Waals surface area contributed by atoms with E-state index >= 15 is 0 Å². The number of morpholine rings is 1. The van der Waals surface area contributed by atoms with Crippen LogP contribution < -0.4 is 5.32 Å². The Labute approximate surface area is 149 Å². The molecule has 2 aromatic rings. The van der Waals surface area contributed by atoms with Crippen LogP contribution in [0.2, 0.25) is 0 Å². The van der Waals surface area contributed by atoms with Crippen molar-refractivity contribution in [1.82, 2.24) is 15.2 Å². The number of hydrogen-bond acceptors (Lipinski definition) is 3. The van der Waals surface area contributed by atoms with Crippen LogP contribution in [0.15, 0.2) is 30.5 Å². The number of nitrogens with zero attached hydrogens (tertiary/aromatic N) is 1. The summed E-state index contributed by atoms with van der Waals surface area (Å²) in [4.78, 5) is 18.1. The number of aromatic nitrogens is 1. The van der Waals surface area contributed by atoms with Crippen molar-refractivity contribution in [2.45, 2.75) is 51.9 Å². The van der Waals surface area contributed by atoms with Crippen LogP contribution in [0, 0.1) is 0 Å². The zero-order valence-corrected chi connectivity index (χ0v) is 15.6. The molecule has 1 amide bonds. The fourth-order valence-electron chi connectivity index (χ4n) is 3.61. The molecule has 1 aromatic heterocycles. The van der Waals surface area contributed by atoms with Gasteiger partial charge in [-0.15, -0.1) is 0 Å². The van der Waals surface area contributed by atoms with Gasteiger partial charge in [0.05, 0.1) is 18.6 Å². The molecule has 0 saturated carbocycles. The average molecular weight is 343 g/mol. The summed E-state index contributed by atoms with van der Waals surface area (Å²) in [5, 5.41) is 4.24. The van der Waals surface area contributed by atoms with Crippen molar-refractivity contribution >= 4 is 16.8 Å². The van der Waals surface area contributed by atoms with Gasteiger partial charge in [0.1, 0.15) is 0 Å². The van der Waals surface area contributed by atoms with Gasteiger partial charge in [0.15, 0.2) is 0 Å². The Hall–Kier alpha value is -1.85. The lowest BCUT2D eigenvalue weighted by atomic mass is 10.00. The van der Waals surface area contributed by atoms with Gasteiger partial charge in [-0.1, -0.05) is 18.2 Å². The number of ether oxygens (including phenoxy) is 1. The molecule has 2 N–H and O–H groups in total. The molecule has 136 valence electrons. The Kier molecular flexibility index (Phi) is 5.16. The monoisotopic (exact) mass is 343 g/mol. The van der Waals surface area contributed by atoms with E-state index in [0.717, 1.165) is 29.6 Å². The molecule has 0 bridgehead atoms. The van der Waals surface area contributed by atoms with Crippen LogP contribution in [0.3, 0.4) is 0 Å². The summed E-state index contributed by atoms with van der Waals surface area (Å²) in [5.41, 5.74) is 2.02. The minimum atomic E-state index is -0.0951. The third kappa shape index (κ3) is 4.22. The van der Waals surface area contributed by atoms with E-state index in [-0.39, 0.29) is 23.7 Å². The molecule has 0 radical (unpaired) electrons. The first kappa shape index (κ1) is 18.0. The number of benzene rings is 1. The van der Waals surface area contributed by atoms with Crippen LogP contribution in [0.5, 0.6) is 0 Å². The molecule has 3 rings (SSSR count). The van der Waals surface area contributed by atoms with Crippen LogP contribution >= 0.6 is 0 Å². The van der Waals surface area contributed by atoms with Gasteiger partial charge < -0.3 is 15.0 Å². The Morgan fingerprint density at radius 2 is 1.96 bits per heavy atom. The summed E-state index contributed by atoms with van der Waals surface area (Å²) in [6.07, 6.45) is 2.78. The van der Waals surface area contributed by atoms with E-state index in [1.54, 1.807) is 0 Å². The van der Waals surface area contributed by atoms with Crippen molar-refractivity contribution in [2.24, 2.45) is 0 Å². The predicted octanol–water partition coefficient (Wildman–Crippen LogP) is 2.71. The summed E-state index contributed by atoms with van der Waals surface area (Å²) in [7, 11) is 0. The summed E-state index contributed by atoms with van der Waals surface area (Å²) in [6.45, 7) is 11.0. The Morgan fingerprint density at radius 1 is 1.28 bits per heavy atom. The number of para-hydroxylation sites is 1. The largest absolute Gasteiger partial charge is 0.373 e. The zero-order chi connectivity index (χ0) is 18.0. The van der Waals surface area contributed by atoms with Crippen molar-refractivity contribution in [3.63, 3.8) is 0 Å². The molecule has 1 aliphatic rings. The average Bonchev–Trinajstić information content (AvgIpc) is 2.95. The van der Waals surface area contributed by atoms with Crippen LogP contribution in [0.25, 0.3) is 10.9 Å².